The summed E-state index contributed by atoms with van der Waals surface area (Å²) < 4.78 is 0. The van der Waals surface area contributed by atoms with E-state index < -0.39 is 0 Å². The molecule has 0 radical (unpaired) electrons. The number of fused-ring (bicyclic) bond motifs is 1. The molecule has 0 aromatic heterocycles. The Labute approximate surface area is 108 Å². The van der Waals surface area contributed by atoms with Gasteiger partial charge in [-0.3, -0.25) is 4.79 Å². The number of ketones is 1. The predicted molar refractivity (Wildman–Crippen MR) is 75.5 cm³/mol. The summed E-state index contributed by atoms with van der Waals surface area (Å²) in [5.41, 5.74) is 7.28. The summed E-state index contributed by atoms with van der Waals surface area (Å²) in [6.45, 7) is 1.88. The molecular formula is C16H19NO. The van der Waals surface area contributed by atoms with Gasteiger partial charge in [-0.05, 0) is 22.8 Å². The van der Waals surface area contributed by atoms with Crippen molar-refractivity contribution in [1.82, 2.24) is 0 Å². The lowest BCUT2D eigenvalue weighted by Gasteiger charge is -2.12. The monoisotopic (exact) mass is 241 g/mol. The van der Waals surface area contributed by atoms with Gasteiger partial charge in [0.1, 0.15) is 5.78 Å². The molecule has 0 unspecified atom stereocenters. The molecule has 2 N–H and O–H groups in total. The number of benzene rings is 2. The minimum atomic E-state index is -0.0803. The number of carbonyl (C=O) groups is 1. The minimum absolute atomic E-state index is 0.0803. The summed E-state index contributed by atoms with van der Waals surface area (Å²) in [5.74, 6) is 0.239. The molecule has 0 aliphatic heterocycles. The summed E-state index contributed by atoms with van der Waals surface area (Å²) >= 11 is 0. The average Bonchev–Trinajstić information content (AvgIpc) is 2.39. The summed E-state index contributed by atoms with van der Waals surface area (Å²) in [4.78, 5) is 11.4. The normalized spacial score (nSPS) is 12.6. The molecule has 0 spiro atoms. The second kappa shape index (κ2) is 5.78. The Hall–Kier alpha value is -1.67. The highest BCUT2D eigenvalue weighted by Gasteiger charge is 2.10. The van der Waals surface area contributed by atoms with Crippen molar-refractivity contribution in [3.63, 3.8) is 0 Å². The molecule has 0 bridgehead atoms. The molecule has 0 aliphatic carbocycles. The van der Waals surface area contributed by atoms with Crippen molar-refractivity contribution in [3.8, 4) is 0 Å². The van der Waals surface area contributed by atoms with E-state index in [1.165, 1.54) is 16.3 Å². The van der Waals surface area contributed by atoms with Gasteiger partial charge in [-0.1, -0.05) is 49.4 Å². The van der Waals surface area contributed by atoms with Gasteiger partial charge in [0, 0.05) is 18.9 Å². The molecule has 0 saturated heterocycles. The zero-order valence-corrected chi connectivity index (χ0v) is 10.7. The number of hydrogen-bond donors (Lipinski definition) is 1. The van der Waals surface area contributed by atoms with E-state index >= 15 is 0 Å². The summed E-state index contributed by atoms with van der Waals surface area (Å²) in [6.07, 6.45) is 1.80. The SMILES string of the molecule is CCC(=O)C[C@H](N)Cc1cccc2ccccc12. The molecule has 2 aromatic rings. The first-order chi connectivity index (χ1) is 8.70. The first kappa shape index (κ1) is 12.8. The summed E-state index contributed by atoms with van der Waals surface area (Å²) in [6, 6.07) is 14.4. The van der Waals surface area contributed by atoms with Crippen LogP contribution in [0.3, 0.4) is 0 Å². The maximum absolute atomic E-state index is 11.4. The lowest BCUT2D eigenvalue weighted by atomic mass is 9.96. The highest BCUT2D eigenvalue weighted by molar-refractivity contribution is 5.85. The van der Waals surface area contributed by atoms with Crippen LogP contribution < -0.4 is 5.73 Å². The van der Waals surface area contributed by atoms with Crippen molar-refractivity contribution in [2.45, 2.75) is 32.2 Å². The second-order valence-corrected chi connectivity index (χ2v) is 4.70. The standard InChI is InChI=1S/C16H19NO/c1-2-15(18)11-14(17)10-13-8-5-7-12-6-3-4-9-16(12)13/h3-9,14H,2,10-11,17H2,1H3/t14-/m1/s1. The van der Waals surface area contributed by atoms with E-state index in [0.29, 0.717) is 12.8 Å². The molecule has 1 atom stereocenters. The Bertz CT molecular complexity index is 542. The van der Waals surface area contributed by atoms with Gasteiger partial charge in [-0.25, -0.2) is 0 Å². The maximum Gasteiger partial charge on any atom is 0.134 e. The Balaban J connectivity index is 2.19. The summed E-state index contributed by atoms with van der Waals surface area (Å²) in [7, 11) is 0. The van der Waals surface area contributed by atoms with E-state index in [1.807, 2.05) is 25.1 Å². The van der Waals surface area contributed by atoms with E-state index in [9.17, 15) is 4.79 Å². The van der Waals surface area contributed by atoms with Crippen LogP contribution in [-0.2, 0) is 11.2 Å². The van der Waals surface area contributed by atoms with Crippen LogP contribution in [0.1, 0.15) is 25.3 Å². The molecule has 0 amide bonds. The minimum Gasteiger partial charge on any atom is -0.327 e. The third-order valence-corrected chi connectivity index (χ3v) is 3.25. The number of rotatable bonds is 5. The highest BCUT2D eigenvalue weighted by atomic mass is 16.1. The van der Waals surface area contributed by atoms with Crippen LogP contribution in [0.5, 0.6) is 0 Å². The fourth-order valence-corrected chi connectivity index (χ4v) is 2.26. The molecule has 2 nitrogen and oxygen atoms in total. The largest absolute Gasteiger partial charge is 0.327 e. The van der Waals surface area contributed by atoms with Gasteiger partial charge < -0.3 is 5.73 Å². The molecular weight excluding hydrogens is 222 g/mol. The van der Waals surface area contributed by atoms with E-state index in [0.717, 1.165) is 6.42 Å². The molecule has 94 valence electrons. The fourth-order valence-electron chi connectivity index (χ4n) is 2.26. The zero-order valence-electron chi connectivity index (χ0n) is 10.7. The van der Waals surface area contributed by atoms with Crippen LogP contribution in [0.25, 0.3) is 10.8 Å². The van der Waals surface area contributed by atoms with Gasteiger partial charge in [-0.15, -0.1) is 0 Å². The van der Waals surface area contributed by atoms with Crippen molar-refractivity contribution in [2.24, 2.45) is 5.73 Å². The molecule has 2 rings (SSSR count). The number of Topliss-reactive ketones (excluding diaryl/α,β-unsaturated/α-hetero) is 1. The van der Waals surface area contributed by atoms with Crippen molar-refractivity contribution >= 4 is 16.6 Å². The van der Waals surface area contributed by atoms with Crippen LogP contribution in [0, 0.1) is 0 Å². The van der Waals surface area contributed by atoms with E-state index in [-0.39, 0.29) is 11.8 Å². The van der Waals surface area contributed by atoms with Gasteiger partial charge in [0.2, 0.25) is 0 Å². The van der Waals surface area contributed by atoms with Gasteiger partial charge in [0.25, 0.3) is 0 Å². The van der Waals surface area contributed by atoms with E-state index in [4.69, 9.17) is 5.73 Å². The van der Waals surface area contributed by atoms with Crippen LogP contribution >= 0.6 is 0 Å². The Morgan fingerprint density at radius 3 is 2.67 bits per heavy atom. The van der Waals surface area contributed by atoms with Gasteiger partial charge in [0.15, 0.2) is 0 Å². The van der Waals surface area contributed by atoms with Gasteiger partial charge in [0.05, 0.1) is 0 Å². The molecule has 0 saturated carbocycles. The van der Waals surface area contributed by atoms with Crippen LogP contribution in [0.2, 0.25) is 0 Å². The first-order valence-corrected chi connectivity index (χ1v) is 6.44. The average molecular weight is 241 g/mol. The Kier molecular flexibility index (Phi) is 4.11. The lowest BCUT2D eigenvalue weighted by Crippen LogP contribution is -2.26. The van der Waals surface area contributed by atoms with Gasteiger partial charge in [-0.2, -0.15) is 0 Å². The fraction of sp³-hybridized carbons (Fsp3) is 0.312. The predicted octanol–water partition coefficient (Wildman–Crippen LogP) is 3.08. The number of hydrogen-bond acceptors (Lipinski definition) is 2. The van der Waals surface area contributed by atoms with Crippen LogP contribution in [0.4, 0.5) is 0 Å². The van der Waals surface area contributed by atoms with E-state index in [1.54, 1.807) is 0 Å². The maximum atomic E-state index is 11.4. The molecule has 0 aliphatic rings. The molecule has 18 heavy (non-hydrogen) atoms. The van der Waals surface area contributed by atoms with Crippen molar-refractivity contribution in [2.75, 3.05) is 0 Å². The Morgan fingerprint density at radius 1 is 1.17 bits per heavy atom. The summed E-state index contributed by atoms with van der Waals surface area (Å²) in [5, 5.41) is 2.46. The van der Waals surface area contributed by atoms with Crippen LogP contribution in [-0.4, -0.2) is 11.8 Å². The van der Waals surface area contributed by atoms with Gasteiger partial charge >= 0.3 is 0 Å². The molecule has 2 heteroatoms. The first-order valence-electron chi connectivity index (χ1n) is 6.44. The van der Waals surface area contributed by atoms with Crippen molar-refractivity contribution in [3.05, 3.63) is 48.0 Å². The lowest BCUT2D eigenvalue weighted by molar-refractivity contribution is -0.119. The second-order valence-electron chi connectivity index (χ2n) is 4.70. The van der Waals surface area contributed by atoms with Crippen LogP contribution in [0.15, 0.2) is 42.5 Å². The quantitative estimate of drug-likeness (QED) is 0.874. The third-order valence-electron chi connectivity index (χ3n) is 3.25. The number of carbonyl (C=O) groups excluding carboxylic acids is 1. The topological polar surface area (TPSA) is 43.1 Å². The third kappa shape index (κ3) is 2.96. The molecule has 2 aromatic carbocycles. The zero-order chi connectivity index (χ0) is 13.0. The number of nitrogens with two attached hydrogens (primary N) is 1. The molecule has 0 heterocycles. The van der Waals surface area contributed by atoms with E-state index in [2.05, 4.69) is 24.3 Å². The highest BCUT2D eigenvalue weighted by Crippen LogP contribution is 2.20. The van der Waals surface area contributed by atoms with Crippen molar-refractivity contribution in [1.29, 1.82) is 0 Å². The Morgan fingerprint density at radius 2 is 1.89 bits per heavy atom. The molecule has 0 fully saturated rings. The smallest absolute Gasteiger partial charge is 0.134 e. The van der Waals surface area contributed by atoms with Crippen molar-refractivity contribution < 1.29 is 4.79 Å².